The van der Waals surface area contributed by atoms with Gasteiger partial charge in [-0.1, -0.05) is 43.1 Å². The first-order chi connectivity index (χ1) is 14.0. The third-order valence-electron chi connectivity index (χ3n) is 3.98. The first-order valence-electron chi connectivity index (χ1n) is 9.04. The fourth-order valence-electron chi connectivity index (χ4n) is 2.43. The van der Waals surface area contributed by atoms with Crippen LogP contribution in [0.1, 0.15) is 35.7 Å². The number of methoxy groups -OCH3 is 1. The van der Waals surface area contributed by atoms with Gasteiger partial charge in [0.15, 0.2) is 11.5 Å². The van der Waals surface area contributed by atoms with Gasteiger partial charge in [-0.2, -0.15) is 5.26 Å². The SMILES string of the molecule is CCCCNC(=O)/C(C#N)=C/c1ccc(OC(=O)c2ccccc2Cl)c(OC)c1. The minimum absolute atomic E-state index is 0.0241. The number of benzene rings is 2. The van der Waals surface area contributed by atoms with Crippen molar-refractivity contribution >= 4 is 29.6 Å². The van der Waals surface area contributed by atoms with Crippen molar-refractivity contribution in [3.8, 4) is 17.6 Å². The summed E-state index contributed by atoms with van der Waals surface area (Å²) in [5.74, 6) is -0.581. The molecule has 150 valence electrons. The Morgan fingerprint density at radius 3 is 2.62 bits per heavy atom. The quantitative estimate of drug-likeness (QED) is 0.228. The topological polar surface area (TPSA) is 88.4 Å². The van der Waals surface area contributed by atoms with Gasteiger partial charge in [-0.3, -0.25) is 4.79 Å². The van der Waals surface area contributed by atoms with E-state index < -0.39 is 11.9 Å². The number of nitrogens with zero attached hydrogens (tertiary/aromatic N) is 1. The Balaban J connectivity index is 2.21. The van der Waals surface area contributed by atoms with Crippen molar-refractivity contribution in [2.24, 2.45) is 0 Å². The lowest BCUT2D eigenvalue weighted by Gasteiger charge is -2.11. The number of unbranched alkanes of at least 4 members (excludes halogenated alkanes) is 1. The number of hydrogen-bond donors (Lipinski definition) is 1. The number of amides is 1. The van der Waals surface area contributed by atoms with E-state index in [0.717, 1.165) is 12.8 Å². The van der Waals surface area contributed by atoms with Crippen LogP contribution in [0.5, 0.6) is 11.5 Å². The van der Waals surface area contributed by atoms with Crippen molar-refractivity contribution in [2.75, 3.05) is 13.7 Å². The van der Waals surface area contributed by atoms with Crippen LogP contribution in [0.3, 0.4) is 0 Å². The van der Waals surface area contributed by atoms with E-state index in [-0.39, 0.29) is 27.7 Å². The van der Waals surface area contributed by atoms with Crippen molar-refractivity contribution in [1.29, 1.82) is 5.26 Å². The second-order valence-corrected chi connectivity index (χ2v) is 6.47. The minimum Gasteiger partial charge on any atom is -0.493 e. The highest BCUT2D eigenvalue weighted by Crippen LogP contribution is 2.30. The van der Waals surface area contributed by atoms with Crippen LogP contribution in [-0.4, -0.2) is 25.5 Å². The number of halogens is 1. The molecule has 0 saturated carbocycles. The Morgan fingerprint density at radius 2 is 1.97 bits per heavy atom. The Bertz CT molecular complexity index is 964. The van der Waals surface area contributed by atoms with Crippen molar-refractivity contribution in [3.63, 3.8) is 0 Å². The monoisotopic (exact) mass is 412 g/mol. The summed E-state index contributed by atoms with van der Waals surface area (Å²) in [6.45, 7) is 2.52. The summed E-state index contributed by atoms with van der Waals surface area (Å²) >= 11 is 6.02. The fourth-order valence-corrected chi connectivity index (χ4v) is 2.64. The van der Waals surface area contributed by atoms with Crippen molar-refractivity contribution < 1.29 is 19.1 Å². The largest absolute Gasteiger partial charge is 0.493 e. The highest BCUT2D eigenvalue weighted by Gasteiger charge is 2.16. The summed E-state index contributed by atoms with van der Waals surface area (Å²) < 4.78 is 10.7. The average molecular weight is 413 g/mol. The predicted octanol–water partition coefficient (Wildman–Crippen LogP) is 4.39. The van der Waals surface area contributed by atoms with Crippen LogP contribution >= 0.6 is 11.6 Å². The van der Waals surface area contributed by atoms with E-state index in [1.54, 1.807) is 36.4 Å². The van der Waals surface area contributed by atoms with Gasteiger partial charge in [0.25, 0.3) is 5.91 Å². The fraction of sp³-hybridized carbons (Fsp3) is 0.227. The number of esters is 1. The van der Waals surface area contributed by atoms with Crippen LogP contribution in [0.25, 0.3) is 6.08 Å². The van der Waals surface area contributed by atoms with E-state index in [1.165, 1.54) is 19.3 Å². The zero-order valence-corrected chi connectivity index (χ0v) is 17.0. The summed E-state index contributed by atoms with van der Waals surface area (Å²) in [5.41, 5.74) is 0.765. The molecule has 2 rings (SSSR count). The van der Waals surface area contributed by atoms with Crippen molar-refractivity contribution in [2.45, 2.75) is 19.8 Å². The van der Waals surface area contributed by atoms with E-state index in [0.29, 0.717) is 12.1 Å². The van der Waals surface area contributed by atoms with E-state index in [2.05, 4.69) is 5.32 Å². The Kier molecular flexibility index (Phi) is 8.26. The van der Waals surface area contributed by atoms with Crippen LogP contribution in [0, 0.1) is 11.3 Å². The van der Waals surface area contributed by atoms with Gasteiger partial charge < -0.3 is 14.8 Å². The first kappa shape index (κ1) is 22.0. The number of rotatable bonds is 8. The number of carbonyl (C=O) groups excluding carboxylic acids is 2. The number of nitrogens with one attached hydrogen (secondary N) is 1. The first-order valence-corrected chi connectivity index (χ1v) is 9.42. The van der Waals surface area contributed by atoms with Crippen LogP contribution in [0.15, 0.2) is 48.0 Å². The predicted molar refractivity (Wildman–Crippen MR) is 111 cm³/mol. The van der Waals surface area contributed by atoms with E-state index in [9.17, 15) is 14.9 Å². The molecule has 6 nitrogen and oxygen atoms in total. The van der Waals surface area contributed by atoms with Crippen LogP contribution in [0.2, 0.25) is 5.02 Å². The molecule has 0 saturated heterocycles. The van der Waals surface area contributed by atoms with Gasteiger partial charge >= 0.3 is 5.97 Å². The molecule has 0 atom stereocenters. The van der Waals surface area contributed by atoms with Gasteiger partial charge in [-0.15, -0.1) is 0 Å². The molecule has 0 aromatic heterocycles. The smallest absolute Gasteiger partial charge is 0.345 e. The van der Waals surface area contributed by atoms with Gasteiger partial charge in [-0.25, -0.2) is 4.79 Å². The second-order valence-electron chi connectivity index (χ2n) is 6.06. The molecular weight excluding hydrogens is 392 g/mol. The molecule has 0 aliphatic carbocycles. The van der Waals surface area contributed by atoms with Crippen LogP contribution in [-0.2, 0) is 4.79 Å². The highest BCUT2D eigenvalue weighted by molar-refractivity contribution is 6.33. The Hall–Kier alpha value is -3.30. The molecule has 7 heteroatoms. The second kappa shape index (κ2) is 10.9. The lowest BCUT2D eigenvalue weighted by molar-refractivity contribution is -0.117. The lowest BCUT2D eigenvalue weighted by atomic mass is 10.1. The molecule has 0 fully saturated rings. The molecular formula is C22H21ClN2O4. The summed E-state index contributed by atoms with van der Waals surface area (Å²) in [5, 5.41) is 12.3. The van der Waals surface area contributed by atoms with Gasteiger partial charge in [0, 0.05) is 6.54 Å². The Labute approximate surface area is 174 Å². The van der Waals surface area contributed by atoms with Gasteiger partial charge in [0.1, 0.15) is 11.6 Å². The molecule has 0 heterocycles. The normalized spacial score (nSPS) is 10.8. The molecule has 0 unspecified atom stereocenters. The highest BCUT2D eigenvalue weighted by atomic mass is 35.5. The van der Waals surface area contributed by atoms with Crippen molar-refractivity contribution in [3.05, 3.63) is 64.2 Å². The summed E-state index contributed by atoms with van der Waals surface area (Å²) in [4.78, 5) is 24.5. The van der Waals surface area contributed by atoms with Crippen molar-refractivity contribution in [1.82, 2.24) is 5.32 Å². The molecule has 2 aromatic carbocycles. The lowest BCUT2D eigenvalue weighted by Crippen LogP contribution is -2.25. The zero-order valence-electron chi connectivity index (χ0n) is 16.2. The van der Waals surface area contributed by atoms with Gasteiger partial charge in [0.05, 0.1) is 17.7 Å². The maximum absolute atomic E-state index is 12.4. The number of hydrogen-bond acceptors (Lipinski definition) is 5. The molecule has 29 heavy (non-hydrogen) atoms. The maximum atomic E-state index is 12.4. The third-order valence-corrected chi connectivity index (χ3v) is 4.31. The zero-order chi connectivity index (χ0) is 21.2. The molecule has 1 N–H and O–H groups in total. The molecule has 0 aliphatic heterocycles. The summed E-state index contributed by atoms with van der Waals surface area (Å²) in [6.07, 6.45) is 3.23. The molecule has 0 aliphatic rings. The number of carbonyl (C=O) groups is 2. The van der Waals surface area contributed by atoms with Crippen LogP contribution < -0.4 is 14.8 Å². The molecule has 2 aromatic rings. The van der Waals surface area contributed by atoms with E-state index in [4.69, 9.17) is 21.1 Å². The number of nitriles is 1. The number of ether oxygens (including phenoxy) is 2. The third kappa shape index (κ3) is 6.09. The van der Waals surface area contributed by atoms with E-state index >= 15 is 0 Å². The average Bonchev–Trinajstić information content (AvgIpc) is 2.73. The van der Waals surface area contributed by atoms with Crippen LogP contribution in [0.4, 0.5) is 0 Å². The summed E-state index contributed by atoms with van der Waals surface area (Å²) in [7, 11) is 1.43. The minimum atomic E-state index is -0.620. The summed E-state index contributed by atoms with van der Waals surface area (Å²) in [6, 6.07) is 13.2. The maximum Gasteiger partial charge on any atom is 0.345 e. The molecule has 0 spiro atoms. The van der Waals surface area contributed by atoms with E-state index in [1.807, 2.05) is 13.0 Å². The Morgan fingerprint density at radius 1 is 1.21 bits per heavy atom. The molecule has 1 amide bonds. The van der Waals surface area contributed by atoms with Gasteiger partial charge in [-0.05, 0) is 42.3 Å². The van der Waals surface area contributed by atoms with Gasteiger partial charge in [0.2, 0.25) is 0 Å². The molecule has 0 radical (unpaired) electrons. The standard InChI is InChI=1S/C22H21ClN2O4/c1-3-4-11-25-21(26)16(14-24)12-15-9-10-19(20(13-15)28-2)29-22(27)17-7-5-6-8-18(17)23/h5-10,12-13H,3-4,11H2,1-2H3,(H,25,26)/b16-12+. The molecule has 0 bridgehead atoms.